The van der Waals surface area contributed by atoms with Crippen molar-refractivity contribution in [3.05, 3.63) is 28.8 Å². The Morgan fingerprint density at radius 2 is 2.00 bits per heavy atom. The van der Waals surface area contributed by atoms with Gasteiger partial charge in [-0.25, -0.2) is 17.9 Å². The van der Waals surface area contributed by atoms with Crippen LogP contribution in [0.1, 0.15) is 10.4 Å². The first-order valence-electron chi connectivity index (χ1n) is 5.44. The second kappa shape index (κ2) is 8.43. The molecule has 0 amide bonds. The number of ether oxygens (including phenoxy) is 1. The van der Waals surface area contributed by atoms with Gasteiger partial charge in [0.2, 0.25) is 10.0 Å². The average Bonchev–Trinajstić information content (AvgIpc) is 2.37. The van der Waals surface area contributed by atoms with Crippen LogP contribution in [0.2, 0.25) is 5.02 Å². The Labute approximate surface area is 129 Å². The molecule has 1 aromatic carbocycles. The van der Waals surface area contributed by atoms with Gasteiger partial charge in [0.25, 0.3) is 0 Å². The SMILES string of the molecule is CNCCNS(=O)(=O)c1ccc(C(=O)OC)cc1Cl.Cl. The van der Waals surface area contributed by atoms with Crippen molar-refractivity contribution in [3.8, 4) is 0 Å². The summed E-state index contributed by atoms with van der Waals surface area (Å²) >= 11 is 5.89. The van der Waals surface area contributed by atoms with E-state index in [1.807, 2.05) is 0 Å². The van der Waals surface area contributed by atoms with Crippen LogP contribution in [0.4, 0.5) is 0 Å². The molecule has 1 aromatic rings. The van der Waals surface area contributed by atoms with Gasteiger partial charge in [0.1, 0.15) is 4.90 Å². The first-order valence-corrected chi connectivity index (χ1v) is 7.30. The zero-order chi connectivity index (χ0) is 14.5. The van der Waals surface area contributed by atoms with Gasteiger partial charge in [-0.2, -0.15) is 0 Å². The molecular weight excluding hydrogens is 327 g/mol. The molecule has 0 aliphatic rings. The zero-order valence-electron chi connectivity index (χ0n) is 11.0. The van der Waals surface area contributed by atoms with Gasteiger partial charge >= 0.3 is 5.97 Å². The van der Waals surface area contributed by atoms with E-state index in [0.717, 1.165) is 0 Å². The Morgan fingerprint density at radius 1 is 1.35 bits per heavy atom. The van der Waals surface area contributed by atoms with Crippen molar-refractivity contribution in [1.29, 1.82) is 0 Å². The average molecular weight is 343 g/mol. The van der Waals surface area contributed by atoms with Crippen LogP contribution >= 0.6 is 24.0 Å². The van der Waals surface area contributed by atoms with E-state index in [2.05, 4.69) is 14.8 Å². The van der Waals surface area contributed by atoms with Gasteiger partial charge < -0.3 is 10.1 Å². The molecule has 0 heterocycles. The predicted molar refractivity (Wildman–Crippen MR) is 79.2 cm³/mol. The second-order valence-electron chi connectivity index (χ2n) is 3.64. The van der Waals surface area contributed by atoms with Crippen LogP contribution in [-0.2, 0) is 14.8 Å². The van der Waals surface area contributed by atoms with E-state index in [9.17, 15) is 13.2 Å². The van der Waals surface area contributed by atoms with Gasteiger partial charge in [-0.15, -0.1) is 12.4 Å². The lowest BCUT2D eigenvalue weighted by molar-refractivity contribution is 0.0600. The Bertz CT molecular complexity index is 564. The number of esters is 1. The lowest BCUT2D eigenvalue weighted by Crippen LogP contribution is -2.30. The van der Waals surface area contributed by atoms with E-state index >= 15 is 0 Å². The number of rotatable bonds is 6. The number of hydrogen-bond acceptors (Lipinski definition) is 5. The third kappa shape index (κ3) is 4.92. The van der Waals surface area contributed by atoms with Crippen LogP contribution in [0, 0.1) is 0 Å². The maximum atomic E-state index is 11.9. The first-order chi connectivity index (χ1) is 8.92. The number of hydrogen-bond donors (Lipinski definition) is 2. The molecule has 20 heavy (non-hydrogen) atoms. The summed E-state index contributed by atoms with van der Waals surface area (Å²) in [6, 6.07) is 3.89. The highest BCUT2D eigenvalue weighted by molar-refractivity contribution is 7.89. The number of carbonyl (C=O) groups excluding carboxylic acids is 1. The molecule has 0 unspecified atom stereocenters. The van der Waals surface area contributed by atoms with Crippen LogP contribution in [-0.4, -0.2) is 41.6 Å². The topological polar surface area (TPSA) is 84.5 Å². The van der Waals surface area contributed by atoms with Crippen molar-refractivity contribution in [2.45, 2.75) is 4.90 Å². The molecule has 0 radical (unpaired) electrons. The molecule has 6 nitrogen and oxygen atoms in total. The third-order valence-corrected chi connectivity index (χ3v) is 4.25. The van der Waals surface area contributed by atoms with E-state index < -0.39 is 16.0 Å². The molecule has 1 rings (SSSR count). The third-order valence-electron chi connectivity index (χ3n) is 2.31. The minimum absolute atomic E-state index is 0. The Balaban J connectivity index is 0.00000361. The molecule has 0 spiro atoms. The van der Waals surface area contributed by atoms with E-state index in [0.29, 0.717) is 6.54 Å². The fourth-order valence-corrected chi connectivity index (χ4v) is 2.93. The fraction of sp³-hybridized carbons (Fsp3) is 0.364. The smallest absolute Gasteiger partial charge is 0.337 e. The number of nitrogens with one attached hydrogen (secondary N) is 2. The van der Waals surface area contributed by atoms with Crippen molar-refractivity contribution < 1.29 is 17.9 Å². The van der Waals surface area contributed by atoms with E-state index in [-0.39, 0.29) is 34.4 Å². The van der Waals surface area contributed by atoms with Gasteiger partial charge in [0, 0.05) is 13.1 Å². The minimum atomic E-state index is -3.69. The number of benzene rings is 1. The molecule has 0 bridgehead atoms. The summed E-state index contributed by atoms with van der Waals surface area (Å²) in [5.74, 6) is -0.575. The van der Waals surface area contributed by atoms with Crippen molar-refractivity contribution in [2.75, 3.05) is 27.2 Å². The fourth-order valence-electron chi connectivity index (χ4n) is 1.35. The number of likely N-dealkylation sites (N-methyl/N-ethyl adjacent to an activating group) is 1. The molecule has 0 aromatic heterocycles. The number of carbonyl (C=O) groups is 1. The second-order valence-corrected chi connectivity index (χ2v) is 5.78. The predicted octanol–water partition coefficient (Wildman–Crippen LogP) is 1.05. The minimum Gasteiger partial charge on any atom is -0.465 e. The highest BCUT2D eigenvalue weighted by Crippen LogP contribution is 2.22. The van der Waals surface area contributed by atoms with Crippen molar-refractivity contribution in [1.82, 2.24) is 10.0 Å². The number of methoxy groups -OCH3 is 1. The summed E-state index contributed by atoms with van der Waals surface area (Å²) in [7, 11) is -0.735. The van der Waals surface area contributed by atoms with E-state index in [4.69, 9.17) is 11.6 Å². The van der Waals surface area contributed by atoms with Gasteiger partial charge in [0.05, 0.1) is 17.7 Å². The van der Waals surface area contributed by atoms with Gasteiger partial charge in [-0.3, -0.25) is 0 Å². The monoisotopic (exact) mass is 342 g/mol. The molecule has 0 atom stereocenters. The standard InChI is InChI=1S/C11H15ClN2O4S.ClH/c1-13-5-6-14-19(16,17)10-4-3-8(7-9(10)12)11(15)18-2;/h3-4,7,13-14H,5-6H2,1-2H3;1H. The number of halogens is 2. The lowest BCUT2D eigenvalue weighted by Gasteiger charge is -2.09. The van der Waals surface area contributed by atoms with Gasteiger partial charge in [0.15, 0.2) is 0 Å². The quantitative estimate of drug-likeness (QED) is 0.596. The molecule has 9 heteroatoms. The summed E-state index contributed by atoms with van der Waals surface area (Å²) in [5, 5.41) is 2.79. The Morgan fingerprint density at radius 3 is 2.50 bits per heavy atom. The molecule has 0 saturated heterocycles. The van der Waals surface area contributed by atoms with Gasteiger partial charge in [-0.1, -0.05) is 11.6 Å². The largest absolute Gasteiger partial charge is 0.465 e. The Kier molecular flexibility index (Phi) is 8.07. The lowest BCUT2D eigenvalue weighted by atomic mass is 10.2. The molecule has 114 valence electrons. The molecule has 0 saturated carbocycles. The van der Waals surface area contributed by atoms with Crippen LogP contribution < -0.4 is 10.0 Å². The summed E-state index contributed by atoms with van der Waals surface area (Å²) in [6.07, 6.45) is 0. The van der Waals surface area contributed by atoms with E-state index in [1.165, 1.54) is 25.3 Å². The first kappa shape index (κ1) is 19.1. The maximum Gasteiger partial charge on any atom is 0.337 e. The van der Waals surface area contributed by atoms with Crippen LogP contribution in [0.15, 0.2) is 23.1 Å². The van der Waals surface area contributed by atoms with Crippen LogP contribution in [0.3, 0.4) is 0 Å². The van der Waals surface area contributed by atoms with Crippen molar-refractivity contribution >= 4 is 40.0 Å². The Hall–Kier alpha value is -0.860. The highest BCUT2D eigenvalue weighted by Gasteiger charge is 2.19. The molecule has 0 fully saturated rings. The normalized spacial score (nSPS) is 10.8. The van der Waals surface area contributed by atoms with E-state index in [1.54, 1.807) is 7.05 Å². The van der Waals surface area contributed by atoms with Crippen LogP contribution in [0.25, 0.3) is 0 Å². The van der Waals surface area contributed by atoms with Crippen LogP contribution in [0.5, 0.6) is 0 Å². The molecule has 0 aliphatic heterocycles. The highest BCUT2D eigenvalue weighted by atomic mass is 35.5. The molecule has 2 N–H and O–H groups in total. The summed E-state index contributed by atoms with van der Waals surface area (Å²) in [6.45, 7) is 0.741. The molecule has 0 aliphatic carbocycles. The van der Waals surface area contributed by atoms with Crippen molar-refractivity contribution in [3.63, 3.8) is 0 Å². The molecular formula is C11H16Cl2N2O4S. The maximum absolute atomic E-state index is 11.9. The van der Waals surface area contributed by atoms with Crippen molar-refractivity contribution in [2.24, 2.45) is 0 Å². The van der Waals surface area contributed by atoms with Gasteiger partial charge in [-0.05, 0) is 25.2 Å². The summed E-state index contributed by atoms with van der Waals surface area (Å²) < 4.78 is 30.8. The summed E-state index contributed by atoms with van der Waals surface area (Å²) in [4.78, 5) is 11.2. The number of sulfonamides is 1. The summed E-state index contributed by atoms with van der Waals surface area (Å²) in [5.41, 5.74) is 0.196. The zero-order valence-corrected chi connectivity index (χ0v) is 13.4.